The Bertz CT molecular complexity index is 920. The summed E-state index contributed by atoms with van der Waals surface area (Å²) in [6.45, 7) is 4.35. The quantitative estimate of drug-likeness (QED) is 0.710. The van der Waals surface area contributed by atoms with E-state index in [9.17, 15) is 4.39 Å². The standard InChI is InChI=1S/C20H25FN4O2/c1-13-15-11-14(21)6-7-16(15)22-17(13)12-25-9-4-3-5-18(25)20-23-19(24-27-20)8-10-26-2/h6-7,11,18,22H,3-5,8-10,12H2,1-2H3. The van der Waals surface area contributed by atoms with E-state index < -0.39 is 0 Å². The average Bonchev–Trinajstić information content (AvgIpc) is 3.26. The summed E-state index contributed by atoms with van der Waals surface area (Å²) in [6, 6.07) is 5.00. The minimum Gasteiger partial charge on any atom is -0.384 e. The fourth-order valence-corrected chi connectivity index (χ4v) is 3.87. The van der Waals surface area contributed by atoms with Crippen molar-refractivity contribution in [1.82, 2.24) is 20.0 Å². The van der Waals surface area contributed by atoms with Gasteiger partial charge in [-0.2, -0.15) is 4.98 Å². The predicted octanol–water partition coefficient (Wildman–Crippen LogP) is 3.91. The molecule has 27 heavy (non-hydrogen) atoms. The van der Waals surface area contributed by atoms with Crippen LogP contribution in [0.15, 0.2) is 22.7 Å². The van der Waals surface area contributed by atoms with Crippen LogP contribution in [-0.2, 0) is 17.7 Å². The van der Waals surface area contributed by atoms with Gasteiger partial charge in [0.05, 0.1) is 12.6 Å². The Hall–Kier alpha value is -2.25. The van der Waals surface area contributed by atoms with Crippen LogP contribution in [0, 0.1) is 12.7 Å². The molecule has 6 nitrogen and oxygen atoms in total. The number of aromatic amines is 1. The summed E-state index contributed by atoms with van der Waals surface area (Å²) >= 11 is 0. The molecule has 0 spiro atoms. The van der Waals surface area contributed by atoms with Crippen molar-refractivity contribution in [3.8, 4) is 0 Å². The molecule has 2 aromatic heterocycles. The first-order valence-corrected chi connectivity index (χ1v) is 9.48. The van der Waals surface area contributed by atoms with Gasteiger partial charge in [0.15, 0.2) is 5.82 Å². The number of H-pyrrole nitrogens is 1. The zero-order valence-electron chi connectivity index (χ0n) is 15.8. The fraction of sp³-hybridized carbons (Fsp3) is 0.500. The number of benzene rings is 1. The van der Waals surface area contributed by atoms with Crippen molar-refractivity contribution in [2.24, 2.45) is 0 Å². The van der Waals surface area contributed by atoms with Crippen molar-refractivity contribution < 1.29 is 13.7 Å². The van der Waals surface area contributed by atoms with Gasteiger partial charge in [-0.25, -0.2) is 4.39 Å². The van der Waals surface area contributed by atoms with Gasteiger partial charge in [-0.05, 0) is 50.1 Å². The van der Waals surface area contributed by atoms with E-state index in [1.165, 1.54) is 6.07 Å². The van der Waals surface area contributed by atoms with Crippen LogP contribution in [0.3, 0.4) is 0 Å². The third-order valence-corrected chi connectivity index (χ3v) is 5.40. The van der Waals surface area contributed by atoms with Crippen molar-refractivity contribution in [3.05, 3.63) is 47.0 Å². The molecule has 3 aromatic rings. The largest absolute Gasteiger partial charge is 0.384 e. The van der Waals surface area contributed by atoms with Gasteiger partial charge in [-0.15, -0.1) is 0 Å². The highest BCUT2D eigenvalue weighted by Gasteiger charge is 2.29. The van der Waals surface area contributed by atoms with Crippen LogP contribution in [0.4, 0.5) is 4.39 Å². The van der Waals surface area contributed by atoms with E-state index in [4.69, 9.17) is 9.26 Å². The lowest BCUT2D eigenvalue weighted by atomic mass is 10.0. The monoisotopic (exact) mass is 372 g/mol. The van der Waals surface area contributed by atoms with Crippen LogP contribution in [0.5, 0.6) is 0 Å². The third-order valence-electron chi connectivity index (χ3n) is 5.40. The van der Waals surface area contributed by atoms with Crippen LogP contribution in [-0.4, -0.2) is 40.3 Å². The zero-order valence-corrected chi connectivity index (χ0v) is 15.8. The van der Waals surface area contributed by atoms with Crippen molar-refractivity contribution in [2.45, 2.75) is 45.2 Å². The van der Waals surface area contributed by atoms with E-state index in [0.717, 1.165) is 54.5 Å². The van der Waals surface area contributed by atoms with E-state index in [2.05, 4.69) is 20.0 Å². The Morgan fingerprint density at radius 1 is 1.37 bits per heavy atom. The SMILES string of the molecule is COCCc1noc(C2CCCCN2Cc2[nH]c3ccc(F)cc3c2C)n1. The van der Waals surface area contributed by atoms with Gasteiger partial charge in [0.1, 0.15) is 5.82 Å². The highest BCUT2D eigenvalue weighted by Crippen LogP contribution is 2.33. The maximum Gasteiger partial charge on any atom is 0.244 e. The van der Waals surface area contributed by atoms with Gasteiger partial charge in [0, 0.05) is 36.7 Å². The first kappa shape index (κ1) is 18.1. The van der Waals surface area contributed by atoms with E-state index in [0.29, 0.717) is 24.7 Å². The maximum absolute atomic E-state index is 13.6. The molecule has 1 fully saturated rings. The molecular formula is C20H25FN4O2. The number of hydrogen-bond acceptors (Lipinski definition) is 5. The number of piperidine rings is 1. The molecular weight excluding hydrogens is 347 g/mol. The number of ether oxygens (including phenoxy) is 1. The second-order valence-electron chi connectivity index (χ2n) is 7.19. The summed E-state index contributed by atoms with van der Waals surface area (Å²) in [7, 11) is 1.67. The highest BCUT2D eigenvalue weighted by atomic mass is 19.1. The highest BCUT2D eigenvalue weighted by molar-refractivity contribution is 5.84. The number of nitrogens with zero attached hydrogens (tertiary/aromatic N) is 3. The number of hydrogen-bond donors (Lipinski definition) is 1. The summed E-state index contributed by atoms with van der Waals surface area (Å²) in [5, 5.41) is 5.03. The molecule has 1 unspecified atom stereocenters. The number of likely N-dealkylation sites (tertiary alicyclic amines) is 1. The summed E-state index contributed by atoms with van der Waals surface area (Å²) in [5.74, 6) is 1.16. The lowest BCUT2D eigenvalue weighted by molar-refractivity contribution is 0.110. The van der Waals surface area contributed by atoms with E-state index in [1.54, 1.807) is 19.2 Å². The number of aryl methyl sites for hydroxylation is 1. The molecule has 1 aliphatic rings. The Labute approximate surface area is 157 Å². The van der Waals surface area contributed by atoms with Crippen molar-refractivity contribution in [1.29, 1.82) is 0 Å². The van der Waals surface area contributed by atoms with Crippen LogP contribution >= 0.6 is 0 Å². The smallest absolute Gasteiger partial charge is 0.244 e. The molecule has 1 atom stereocenters. The molecule has 0 aliphatic carbocycles. The Morgan fingerprint density at radius 2 is 2.26 bits per heavy atom. The van der Waals surface area contributed by atoms with Gasteiger partial charge < -0.3 is 14.2 Å². The normalized spacial score (nSPS) is 18.4. The van der Waals surface area contributed by atoms with Crippen molar-refractivity contribution in [3.63, 3.8) is 0 Å². The second-order valence-corrected chi connectivity index (χ2v) is 7.19. The second kappa shape index (κ2) is 7.78. The molecule has 1 aliphatic heterocycles. The van der Waals surface area contributed by atoms with Crippen LogP contribution in [0.25, 0.3) is 10.9 Å². The summed E-state index contributed by atoms with van der Waals surface area (Å²) in [5.41, 5.74) is 3.18. The molecule has 1 aromatic carbocycles. The minimum atomic E-state index is -0.207. The maximum atomic E-state index is 13.6. The van der Waals surface area contributed by atoms with Crippen molar-refractivity contribution in [2.75, 3.05) is 20.3 Å². The van der Waals surface area contributed by atoms with E-state index >= 15 is 0 Å². The summed E-state index contributed by atoms with van der Waals surface area (Å²) in [4.78, 5) is 10.4. The third kappa shape index (κ3) is 3.75. The van der Waals surface area contributed by atoms with Crippen LogP contribution < -0.4 is 0 Å². The molecule has 0 radical (unpaired) electrons. The van der Waals surface area contributed by atoms with E-state index in [1.807, 2.05) is 6.92 Å². The molecule has 0 amide bonds. The van der Waals surface area contributed by atoms with Gasteiger partial charge >= 0.3 is 0 Å². The Balaban J connectivity index is 1.56. The number of rotatable bonds is 6. The Morgan fingerprint density at radius 3 is 3.11 bits per heavy atom. The number of aromatic nitrogens is 3. The first-order valence-electron chi connectivity index (χ1n) is 9.48. The van der Waals surface area contributed by atoms with E-state index in [-0.39, 0.29) is 11.9 Å². The number of fused-ring (bicyclic) bond motifs is 1. The molecule has 4 rings (SSSR count). The summed E-state index contributed by atoms with van der Waals surface area (Å²) in [6.07, 6.45) is 3.95. The number of halogens is 1. The zero-order chi connectivity index (χ0) is 18.8. The molecule has 144 valence electrons. The van der Waals surface area contributed by atoms with Crippen LogP contribution in [0.2, 0.25) is 0 Å². The lowest BCUT2D eigenvalue weighted by Crippen LogP contribution is -2.33. The molecule has 0 saturated carbocycles. The van der Waals surface area contributed by atoms with Crippen LogP contribution in [0.1, 0.15) is 48.3 Å². The Kier molecular flexibility index (Phi) is 5.22. The van der Waals surface area contributed by atoms with Gasteiger partial charge in [-0.1, -0.05) is 11.6 Å². The summed E-state index contributed by atoms with van der Waals surface area (Å²) < 4.78 is 24.2. The molecule has 7 heteroatoms. The number of methoxy groups -OCH3 is 1. The minimum absolute atomic E-state index is 0.116. The topological polar surface area (TPSA) is 67.2 Å². The van der Waals surface area contributed by atoms with Gasteiger partial charge in [-0.3, -0.25) is 4.90 Å². The molecule has 3 heterocycles. The number of nitrogens with one attached hydrogen (secondary N) is 1. The molecule has 1 saturated heterocycles. The molecule has 1 N–H and O–H groups in total. The fourth-order valence-electron chi connectivity index (χ4n) is 3.87. The lowest BCUT2D eigenvalue weighted by Gasteiger charge is -2.33. The average molecular weight is 372 g/mol. The van der Waals surface area contributed by atoms with Gasteiger partial charge in [0.25, 0.3) is 0 Å². The molecule has 0 bridgehead atoms. The van der Waals surface area contributed by atoms with Crippen molar-refractivity contribution >= 4 is 10.9 Å². The first-order chi connectivity index (χ1) is 13.2. The van der Waals surface area contributed by atoms with Gasteiger partial charge in [0.2, 0.25) is 5.89 Å². The predicted molar refractivity (Wildman–Crippen MR) is 99.9 cm³/mol.